The van der Waals surface area contributed by atoms with Crippen molar-refractivity contribution >= 4 is 34.3 Å². The summed E-state index contributed by atoms with van der Waals surface area (Å²) in [5.41, 5.74) is 10.6. The van der Waals surface area contributed by atoms with Gasteiger partial charge in [-0.1, -0.05) is 36.4 Å². The van der Waals surface area contributed by atoms with Crippen LogP contribution < -0.4 is 16.5 Å². The van der Waals surface area contributed by atoms with Crippen molar-refractivity contribution in [2.75, 3.05) is 5.32 Å². The number of guanidine groups is 1. The summed E-state index contributed by atoms with van der Waals surface area (Å²) in [4.78, 5) is 12.7. The third kappa shape index (κ3) is 3.50. The predicted octanol–water partition coefficient (Wildman–Crippen LogP) is 2.93. The summed E-state index contributed by atoms with van der Waals surface area (Å²) in [6.07, 6.45) is 1.73. The number of carbonyl (C=O) groups is 1. The molecule has 25 heavy (non-hydrogen) atoms. The minimum Gasteiger partial charge on any atom is -0.369 e. The van der Waals surface area contributed by atoms with Gasteiger partial charge in [0.1, 0.15) is 0 Å². The highest BCUT2D eigenvalue weighted by atomic mass is 16.2. The molecule has 7 nitrogen and oxygen atoms in total. The van der Waals surface area contributed by atoms with Crippen molar-refractivity contribution in [3.8, 4) is 0 Å². The van der Waals surface area contributed by atoms with Crippen LogP contribution in [0.4, 0.5) is 10.5 Å². The molecule has 0 aliphatic carbocycles. The number of nitrogens with one attached hydrogen (secondary N) is 3. The van der Waals surface area contributed by atoms with Crippen LogP contribution in [-0.4, -0.2) is 22.3 Å². The first-order valence-electron chi connectivity index (χ1n) is 7.67. The summed E-state index contributed by atoms with van der Waals surface area (Å²) in [6.45, 7) is 1.79. The zero-order chi connectivity index (χ0) is 17.8. The molecule has 1 aromatic heterocycles. The largest absolute Gasteiger partial charge is 0.369 e. The van der Waals surface area contributed by atoms with E-state index in [0.717, 1.165) is 22.2 Å². The Labute approximate surface area is 144 Å². The van der Waals surface area contributed by atoms with E-state index in [2.05, 4.69) is 15.8 Å². The van der Waals surface area contributed by atoms with E-state index in [1.54, 1.807) is 17.7 Å². The normalized spacial score (nSPS) is 11.3. The first-order valence-corrected chi connectivity index (χ1v) is 7.67. The topological polar surface area (TPSA) is 108 Å². The first kappa shape index (κ1) is 16.3. The van der Waals surface area contributed by atoms with E-state index in [1.165, 1.54) is 0 Å². The molecule has 0 saturated heterocycles. The lowest BCUT2D eigenvalue weighted by Crippen LogP contribution is -2.26. The van der Waals surface area contributed by atoms with Gasteiger partial charge in [0.05, 0.1) is 11.2 Å². The minimum absolute atomic E-state index is 0.245. The van der Waals surface area contributed by atoms with Crippen molar-refractivity contribution in [3.63, 3.8) is 0 Å². The Morgan fingerprint density at radius 2 is 1.80 bits per heavy atom. The van der Waals surface area contributed by atoms with Crippen LogP contribution in [0.25, 0.3) is 10.9 Å². The van der Waals surface area contributed by atoms with Gasteiger partial charge in [-0.25, -0.2) is 10.2 Å². The monoisotopic (exact) mass is 334 g/mol. The van der Waals surface area contributed by atoms with E-state index in [-0.39, 0.29) is 12.0 Å². The average Bonchev–Trinajstić information content (AvgIpc) is 3.00. The minimum atomic E-state index is -0.263. The van der Waals surface area contributed by atoms with E-state index in [1.807, 2.05) is 54.6 Å². The number of hydrogen-bond acceptors (Lipinski definition) is 3. The summed E-state index contributed by atoms with van der Waals surface area (Å²) in [7, 11) is 0. The maximum Gasteiger partial charge on any atom is 0.330 e. The number of benzene rings is 2. The molecule has 3 aromatic rings. The Morgan fingerprint density at radius 1 is 1.12 bits per heavy atom. The van der Waals surface area contributed by atoms with Crippen LogP contribution in [0.2, 0.25) is 0 Å². The van der Waals surface area contributed by atoms with Gasteiger partial charge in [0.2, 0.25) is 5.96 Å². The molecule has 2 aromatic carbocycles. The fourth-order valence-corrected chi connectivity index (χ4v) is 2.55. The maximum absolute atomic E-state index is 12.7. The van der Waals surface area contributed by atoms with Crippen LogP contribution in [0.5, 0.6) is 0 Å². The standard InChI is InChI=1S/C18H18N6O/c1-12(22-23-17(19)20)15-11-24(16-10-6-5-9-14(15)16)18(25)21-13-7-3-2-4-8-13/h2-11H,1H3,(H,21,25)(H4,19,20,23)/b22-12+. The van der Waals surface area contributed by atoms with E-state index < -0.39 is 0 Å². The van der Waals surface area contributed by atoms with E-state index in [9.17, 15) is 4.79 Å². The molecule has 0 atom stereocenters. The lowest BCUT2D eigenvalue weighted by Gasteiger charge is -2.06. The van der Waals surface area contributed by atoms with Crippen LogP contribution in [-0.2, 0) is 0 Å². The molecule has 0 saturated carbocycles. The number of nitrogens with zero attached hydrogens (tertiary/aromatic N) is 2. The van der Waals surface area contributed by atoms with E-state index >= 15 is 0 Å². The zero-order valence-electron chi connectivity index (χ0n) is 13.7. The van der Waals surface area contributed by atoms with Crippen LogP contribution in [0, 0.1) is 5.41 Å². The second-order valence-corrected chi connectivity index (χ2v) is 5.45. The highest BCUT2D eigenvalue weighted by Crippen LogP contribution is 2.22. The summed E-state index contributed by atoms with van der Waals surface area (Å²) in [6, 6.07) is 16.6. The molecule has 126 valence electrons. The highest BCUT2D eigenvalue weighted by molar-refractivity contribution is 6.12. The maximum atomic E-state index is 12.7. The van der Waals surface area contributed by atoms with Gasteiger partial charge in [0, 0.05) is 22.8 Å². The number of nitrogens with two attached hydrogens (primary N) is 1. The number of carbonyl (C=O) groups excluding carboxylic acids is 1. The number of anilines is 1. The molecule has 1 heterocycles. The quantitative estimate of drug-likeness (QED) is 0.336. The lowest BCUT2D eigenvalue weighted by molar-refractivity contribution is 0.254. The molecule has 0 aliphatic heterocycles. The van der Waals surface area contributed by atoms with Gasteiger partial charge >= 0.3 is 6.03 Å². The van der Waals surface area contributed by atoms with E-state index in [4.69, 9.17) is 11.1 Å². The molecule has 0 fully saturated rings. The summed E-state index contributed by atoms with van der Waals surface area (Å²) < 4.78 is 1.55. The number of rotatable bonds is 3. The smallest absolute Gasteiger partial charge is 0.330 e. The highest BCUT2D eigenvalue weighted by Gasteiger charge is 2.15. The summed E-state index contributed by atoms with van der Waals surface area (Å²) >= 11 is 0. The van der Waals surface area contributed by atoms with Gasteiger partial charge in [-0.15, -0.1) is 0 Å². The molecule has 0 radical (unpaired) electrons. The molecule has 0 spiro atoms. The van der Waals surface area contributed by atoms with Crippen molar-refractivity contribution in [2.45, 2.75) is 6.92 Å². The Kier molecular flexibility index (Phi) is 4.47. The van der Waals surface area contributed by atoms with E-state index in [0.29, 0.717) is 5.71 Å². The van der Waals surface area contributed by atoms with Gasteiger partial charge < -0.3 is 11.1 Å². The summed E-state index contributed by atoms with van der Waals surface area (Å²) in [5, 5.41) is 15.0. The molecule has 0 unspecified atom stereocenters. The fraction of sp³-hybridized carbons (Fsp3) is 0.0556. The Balaban J connectivity index is 2.00. The second-order valence-electron chi connectivity index (χ2n) is 5.45. The molecule has 0 aliphatic rings. The van der Waals surface area contributed by atoms with Crippen LogP contribution in [0.15, 0.2) is 65.9 Å². The van der Waals surface area contributed by atoms with Crippen LogP contribution in [0.3, 0.4) is 0 Å². The number of fused-ring (bicyclic) bond motifs is 1. The number of aromatic nitrogens is 1. The number of hydrogen-bond donors (Lipinski definition) is 4. The molecule has 5 N–H and O–H groups in total. The second kappa shape index (κ2) is 6.88. The van der Waals surface area contributed by atoms with Crippen LogP contribution >= 0.6 is 0 Å². The number of para-hydroxylation sites is 2. The van der Waals surface area contributed by atoms with Gasteiger partial charge in [0.15, 0.2) is 0 Å². The van der Waals surface area contributed by atoms with Crippen molar-refractivity contribution in [2.24, 2.45) is 10.8 Å². The average molecular weight is 334 g/mol. The van der Waals surface area contributed by atoms with Gasteiger partial charge in [-0.3, -0.25) is 9.98 Å². The van der Waals surface area contributed by atoms with Crippen molar-refractivity contribution in [1.82, 2.24) is 9.99 Å². The van der Waals surface area contributed by atoms with Gasteiger partial charge in [0.25, 0.3) is 0 Å². The zero-order valence-corrected chi connectivity index (χ0v) is 13.7. The van der Waals surface area contributed by atoms with Crippen LogP contribution in [0.1, 0.15) is 12.5 Å². The van der Waals surface area contributed by atoms with Crippen molar-refractivity contribution in [3.05, 3.63) is 66.4 Å². The molecule has 3 rings (SSSR count). The van der Waals surface area contributed by atoms with Gasteiger partial charge in [-0.2, -0.15) is 5.10 Å². The Bertz CT molecular complexity index is 958. The molecular formula is C18H18N6O. The molecule has 0 bridgehead atoms. The third-order valence-corrected chi connectivity index (χ3v) is 3.69. The molecule has 7 heteroatoms. The van der Waals surface area contributed by atoms with Gasteiger partial charge in [-0.05, 0) is 25.1 Å². The van der Waals surface area contributed by atoms with Crippen molar-refractivity contribution < 1.29 is 4.79 Å². The van der Waals surface area contributed by atoms with Crippen molar-refractivity contribution in [1.29, 1.82) is 5.41 Å². The lowest BCUT2D eigenvalue weighted by atomic mass is 10.1. The molecular weight excluding hydrogens is 316 g/mol. The SMILES string of the molecule is C/C(=N\NC(=N)N)c1cn(C(=O)Nc2ccccc2)c2ccccc12. The fourth-order valence-electron chi connectivity index (χ4n) is 2.55. The number of hydrazone groups is 1. The summed E-state index contributed by atoms with van der Waals surface area (Å²) in [5.74, 6) is -0.245. The predicted molar refractivity (Wildman–Crippen MR) is 100 cm³/mol. The number of amides is 1. The third-order valence-electron chi connectivity index (χ3n) is 3.69. The Hall–Kier alpha value is -3.61. The molecule has 1 amide bonds. The Morgan fingerprint density at radius 3 is 2.52 bits per heavy atom. The first-order chi connectivity index (χ1) is 12.1.